The average molecular weight is 376 g/mol. The van der Waals surface area contributed by atoms with Gasteiger partial charge in [-0.2, -0.15) is 5.11 Å². The van der Waals surface area contributed by atoms with E-state index in [-0.39, 0.29) is 30.8 Å². The summed E-state index contributed by atoms with van der Waals surface area (Å²) in [5.74, 6) is -1.19. The summed E-state index contributed by atoms with van der Waals surface area (Å²) in [6, 6.07) is 7.58. The zero-order valence-corrected chi connectivity index (χ0v) is 16.2. The molecule has 0 spiro atoms. The Morgan fingerprint density at radius 1 is 1.00 bits per heavy atom. The van der Waals surface area contributed by atoms with Gasteiger partial charge in [0.15, 0.2) is 5.78 Å². The first-order valence-electron chi connectivity index (χ1n) is 8.89. The van der Waals surface area contributed by atoms with Crippen LogP contribution in [0.5, 0.6) is 0 Å². The number of nitrogens with zero attached hydrogens (tertiary/aromatic N) is 1. The largest absolute Gasteiger partial charge is 0.445 e. The number of carbonyl (C=O) groups excluding carboxylic acids is 3. The van der Waals surface area contributed by atoms with Crippen molar-refractivity contribution in [3.63, 3.8) is 0 Å². The molecule has 2 amide bonds. The first kappa shape index (κ1) is 22.3. The van der Waals surface area contributed by atoms with E-state index in [9.17, 15) is 14.4 Å². The fraction of sp³-hybridized carbons (Fsp3) is 0.526. The molecule has 27 heavy (non-hydrogen) atoms. The van der Waals surface area contributed by atoms with Gasteiger partial charge in [0.2, 0.25) is 5.91 Å². The molecule has 1 aromatic carbocycles. The predicted molar refractivity (Wildman–Crippen MR) is 100 cm³/mol. The Balaban J connectivity index is 2.69. The molecule has 2 atom stereocenters. The van der Waals surface area contributed by atoms with Crippen molar-refractivity contribution in [3.8, 4) is 0 Å². The van der Waals surface area contributed by atoms with E-state index < -0.39 is 24.1 Å². The standard InChI is InChI=1S/C19H28N4O4/c1-12(2)16(15(24)10-21-20)22-18(25)17(13(3)4)23-19(26)27-11-14-8-6-5-7-9-14/h5-9,12-13,16-17,20H,10-11H2,1-4H3,(H,22,25)(H,23,26). The van der Waals surface area contributed by atoms with Crippen LogP contribution in [0.4, 0.5) is 4.79 Å². The Labute approximate surface area is 159 Å². The Morgan fingerprint density at radius 3 is 2.11 bits per heavy atom. The van der Waals surface area contributed by atoms with Crippen LogP contribution in [0.25, 0.3) is 0 Å². The van der Waals surface area contributed by atoms with E-state index in [4.69, 9.17) is 10.3 Å². The third-order valence-corrected chi connectivity index (χ3v) is 3.98. The molecule has 0 radical (unpaired) electrons. The highest BCUT2D eigenvalue weighted by Crippen LogP contribution is 2.08. The maximum Gasteiger partial charge on any atom is 0.408 e. The molecule has 148 valence electrons. The van der Waals surface area contributed by atoms with Crippen molar-refractivity contribution in [1.29, 1.82) is 5.53 Å². The molecule has 8 nitrogen and oxygen atoms in total. The highest BCUT2D eigenvalue weighted by Gasteiger charge is 2.30. The summed E-state index contributed by atoms with van der Waals surface area (Å²) >= 11 is 0. The number of rotatable bonds is 10. The zero-order valence-electron chi connectivity index (χ0n) is 16.2. The Hall–Kier alpha value is -2.77. The molecule has 0 saturated heterocycles. The normalized spacial score (nSPS) is 13.0. The smallest absolute Gasteiger partial charge is 0.408 e. The third kappa shape index (κ3) is 7.55. The SMILES string of the molecule is CC(C)C(NC(=O)C(NC(=O)OCc1ccccc1)C(C)C)C(=O)CN=N. The van der Waals surface area contributed by atoms with Crippen molar-refractivity contribution in [2.75, 3.05) is 6.54 Å². The highest BCUT2D eigenvalue weighted by molar-refractivity contribution is 5.93. The molecular formula is C19H28N4O4. The highest BCUT2D eigenvalue weighted by atomic mass is 16.5. The molecule has 1 aromatic rings. The lowest BCUT2D eigenvalue weighted by molar-refractivity contribution is -0.130. The van der Waals surface area contributed by atoms with Crippen LogP contribution in [-0.2, 0) is 20.9 Å². The minimum atomic E-state index is -0.852. The molecule has 0 saturated carbocycles. The number of hydrogen-bond acceptors (Lipinski definition) is 6. The second-order valence-corrected chi connectivity index (χ2v) is 6.94. The van der Waals surface area contributed by atoms with Crippen LogP contribution in [0.15, 0.2) is 35.4 Å². The molecule has 0 bridgehead atoms. The number of alkyl carbamates (subject to hydrolysis) is 1. The lowest BCUT2D eigenvalue weighted by Crippen LogP contribution is -2.55. The van der Waals surface area contributed by atoms with Crippen molar-refractivity contribution < 1.29 is 19.1 Å². The molecule has 0 aliphatic rings. The van der Waals surface area contributed by atoms with Crippen LogP contribution in [0.2, 0.25) is 0 Å². The van der Waals surface area contributed by atoms with Gasteiger partial charge in [-0.15, -0.1) is 0 Å². The van der Waals surface area contributed by atoms with E-state index in [1.165, 1.54) is 0 Å². The lowest BCUT2D eigenvalue weighted by atomic mass is 9.97. The van der Waals surface area contributed by atoms with Gasteiger partial charge in [0.1, 0.15) is 19.2 Å². The first-order chi connectivity index (χ1) is 12.8. The van der Waals surface area contributed by atoms with Crippen molar-refractivity contribution in [3.05, 3.63) is 35.9 Å². The van der Waals surface area contributed by atoms with Gasteiger partial charge in [-0.1, -0.05) is 58.0 Å². The van der Waals surface area contributed by atoms with E-state index in [2.05, 4.69) is 15.7 Å². The molecular weight excluding hydrogens is 348 g/mol. The van der Waals surface area contributed by atoms with E-state index in [1.807, 2.05) is 30.3 Å². The lowest BCUT2D eigenvalue weighted by Gasteiger charge is -2.26. The van der Waals surface area contributed by atoms with Crippen LogP contribution in [0.3, 0.4) is 0 Å². The van der Waals surface area contributed by atoms with Crippen molar-refractivity contribution in [2.45, 2.75) is 46.4 Å². The number of carbonyl (C=O) groups is 3. The van der Waals surface area contributed by atoms with E-state index in [1.54, 1.807) is 27.7 Å². The van der Waals surface area contributed by atoms with Gasteiger partial charge in [-0.3, -0.25) is 9.59 Å². The number of nitrogens with one attached hydrogen (secondary N) is 3. The maximum atomic E-state index is 12.6. The topological polar surface area (TPSA) is 121 Å². The summed E-state index contributed by atoms with van der Waals surface area (Å²) in [6.45, 7) is 6.96. The fourth-order valence-electron chi connectivity index (χ4n) is 2.46. The fourth-order valence-corrected chi connectivity index (χ4v) is 2.46. The predicted octanol–water partition coefficient (Wildman–Crippen LogP) is 2.68. The molecule has 8 heteroatoms. The molecule has 0 aliphatic carbocycles. The molecule has 1 rings (SSSR count). The van der Waals surface area contributed by atoms with E-state index >= 15 is 0 Å². The van der Waals surface area contributed by atoms with Crippen LogP contribution >= 0.6 is 0 Å². The summed E-state index contributed by atoms with van der Waals surface area (Å²) in [5, 5.41) is 8.30. The third-order valence-electron chi connectivity index (χ3n) is 3.98. The van der Waals surface area contributed by atoms with Crippen molar-refractivity contribution in [2.24, 2.45) is 17.0 Å². The minimum absolute atomic E-state index is 0.0945. The summed E-state index contributed by atoms with van der Waals surface area (Å²) in [5.41, 5.74) is 7.67. The van der Waals surface area contributed by atoms with Crippen LogP contribution in [0.1, 0.15) is 33.3 Å². The van der Waals surface area contributed by atoms with Crippen molar-refractivity contribution >= 4 is 17.8 Å². The summed E-state index contributed by atoms with van der Waals surface area (Å²) in [7, 11) is 0. The average Bonchev–Trinajstić information content (AvgIpc) is 2.62. The number of ether oxygens (including phenoxy) is 1. The quantitative estimate of drug-likeness (QED) is 0.544. The zero-order chi connectivity index (χ0) is 20.4. The Kier molecular flexibility index (Phi) is 9.12. The summed E-state index contributed by atoms with van der Waals surface area (Å²) in [6.07, 6.45) is -0.707. The number of ketones is 1. The van der Waals surface area contributed by atoms with Gasteiger partial charge in [0.05, 0.1) is 6.04 Å². The van der Waals surface area contributed by atoms with Gasteiger partial charge in [0, 0.05) is 0 Å². The Bertz CT molecular complexity index is 646. The molecule has 0 aromatic heterocycles. The van der Waals surface area contributed by atoms with Gasteiger partial charge in [-0.25, -0.2) is 10.3 Å². The van der Waals surface area contributed by atoms with Crippen LogP contribution in [-0.4, -0.2) is 36.4 Å². The maximum absolute atomic E-state index is 12.6. The van der Waals surface area contributed by atoms with E-state index in [0.29, 0.717) is 0 Å². The molecule has 3 N–H and O–H groups in total. The minimum Gasteiger partial charge on any atom is -0.445 e. The monoisotopic (exact) mass is 376 g/mol. The molecule has 0 fully saturated rings. The van der Waals surface area contributed by atoms with Gasteiger partial charge < -0.3 is 15.4 Å². The molecule has 2 unspecified atom stereocenters. The number of benzene rings is 1. The molecule has 0 aliphatic heterocycles. The summed E-state index contributed by atoms with van der Waals surface area (Å²) < 4.78 is 5.16. The second-order valence-electron chi connectivity index (χ2n) is 6.94. The van der Waals surface area contributed by atoms with E-state index in [0.717, 1.165) is 5.56 Å². The number of amides is 2. The Morgan fingerprint density at radius 2 is 1.59 bits per heavy atom. The number of Topliss-reactive ketones (excluding diaryl/α,β-unsaturated/α-hetero) is 1. The number of hydrogen-bond donors (Lipinski definition) is 3. The first-order valence-corrected chi connectivity index (χ1v) is 8.89. The summed E-state index contributed by atoms with van der Waals surface area (Å²) in [4.78, 5) is 36.7. The molecule has 0 heterocycles. The van der Waals surface area contributed by atoms with Gasteiger partial charge in [-0.05, 0) is 17.4 Å². The van der Waals surface area contributed by atoms with Crippen LogP contribution in [0, 0.1) is 17.4 Å². The van der Waals surface area contributed by atoms with Crippen LogP contribution < -0.4 is 10.6 Å². The van der Waals surface area contributed by atoms with Gasteiger partial charge in [0.25, 0.3) is 0 Å². The van der Waals surface area contributed by atoms with Gasteiger partial charge >= 0.3 is 6.09 Å². The second kappa shape index (κ2) is 11.1. The van der Waals surface area contributed by atoms with Crippen molar-refractivity contribution in [1.82, 2.24) is 10.6 Å².